The Bertz CT molecular complexity index is 829. The van der Waals surface area contributed by atoms with E-state index < -0.39 is 6.10 Å². The summed E-state index contributed by atoms with van der Waals surface area (Å²) in [6.07, 6.45) is -0.503. The fourth-order valence-corrected chi connectivity index (χ4v) is 4.03. The molecule has 144 valence electrons. The number of benzene rings is 2. The van der Waals surface area contributed by atoms with Crippen LogP contribution in [0.2, 0.25) is 0 Å². The number of rotatable bonds is 4. The first-order valence-electron chi connectivity index (χ1n) is 9.39. The molecule has 0 N–H and O–H groups in total. The van der Waals surface area contributed by atoms with Gasteiger partial charge in [-0.1, -0.05) is 18.2 Å². The number of carbonyl (C=O) groups is 1. The van der Waals surface area contributed by atoms with Gasteiger partial charge in [0, 0.05) is 31.9 Å². The van der Waals surface area contributed by atoms with Gasteiger partial charge in [0.05, 0.1) is 4.47 Å². The Morgan fingerprint density at radius 2 is 1.78 bits per heavy atom. The molecule has 1 fully saturated rings. The average Bonchev–Trinajstić information content (AvgIpc) is 2.66. The Morgan fingerprint density at radius 3 is 2.44 bits per heavy atom. The smallest absolute Gasteiger partial charge is 0.263 e. The summed E-state index contributed by atoms with van der Waals surface area (Å²) in [6.45, 7) is 11.3. The van der Waals surface area contributed by atoms with Crippen LogP contribution in [0.3, 0.4) is 0 Å². The van der Waals surface area contributed by atoms with Crippen molar-refractivity contribution >= 4 is 27.5 Å². The number of halogens is 1. The van der Waals surface area contributed by atoms with Gasteiger partial charge in [0.15, 0.2) is 6.10 Å². The van der Waals surface area contributed by atoms with E-state index in [1.807, 2.05) is 36.9 Å². The number of ether oxygens (including phenoxy) is 1. The Labute approximate surface area is 170 Å². The van der Waals surface area contributed by atoms with Crippen LogP contribution in [0.15, 0.2) is 40.9 Å². The fraction of sp³-hybridized carbons (Fsp3) is 0.409. The van der Waals surface area contributed by atoms with E-state index >= 15 is 0 Å². The fourth-order valence-electron chi connectivity index (χ4n) is 3.45. The number of aryl methyl sites for hydroxylation is 2. The number of hydrogen-bond donors (Lipinski definition) is 0. The van der Waals surface area contributed by atoms with E-state index in [0.29, 0.717) is 5.75 Å². The molecule has 1 amide bonds. The quantitative estimate of drug-likeness (QED) is 0.715. The molecule has 3 rings (SSSR count). The molecule has 1 aliphatic rings. The summed E-state index contributed by atoms with van der Waals surface area (Å²) >= 11 is 3.51. The molecule has 4 nitrogen and oxygen atoms in total. The second kappa shape index (κ2) is 8.34. The number of piperazine rings is 1. The Hall–Kier alpha value is -2.01. The van der Waals surface area contributed by atoms with Crippen molar-refractivity contribution in [1.82, 2.24) is 4.90 Å². The first-order valence-corrected chi connectivity index (χ1v) is 10.2. The zero-order valence-electron chi connectivity index (χ0n) is 16.5. The van der Waals surface area contributed by atoms with Gasteiger partial charge in [-0.05, 0) is 78.5 Å². The molecule has 0 aromatic heterocycles. The molecule has 1 heterocycles. The molecule has 2 aromatic carbocycles. The molecule has 1 saturated heterocycles. The van der Waals surface area contributed by atoms with Crippen LogP contribution >= 0.6 is 15.9 Å². The van der Waals surface area contributed by atoms with Crippen LogP contribution in [0.1, 0.15) is 23.6 Å². The zero-order valence-corrected chi connectivity index (χ0v) is 18.0. The van der Waals surface area contributed by atoms with Gasteiger partial charge in [-0.15, -0.1) is 0 Å². The van der Waals surface area contributed by atoms with Gasteiger partial charge < -0.3 is 14.5 Å². The van der Waals surface area contributed by atoms with Crippen LogP contribution in [0, 0.1) is 20.8 Å². The summed E-state index contributed by atoms with van der Waals surface area (Å²) in [5.74, 6) is 0.749. The van der Waals surface area contributed by atoms with Crippen LogP contribution in [-0.4, -0.2) is 43.1 Å². The highest BCUT2D eigenvalue weighted by atomic mass is 79.9. The third kappa shape index (κ3) is 4.46. The first kappa shape index (κ1) is 19.7. The second-order valence-corrected chi connectivity index (χ2v) is 8.08. The van der Waals surface area contributed by atoms with Gasteiger partial charge in [-0.3, -0.25) is 4.79 Å². The molecule has 0 bridgehead atoms. The lowest BCUT2D eigenvalue weighted by Gasteiger charge is -2.38. The molecule has 0 saturated carbocycles. The highest BCUT2D eigenvalue weighted by Gasteiger charge is 2.27. The normalized spacial score (nSPS) is 15.6. The number of amides is 1. The highest BCUT2D eigenvalue weighted by Crippen LogP contribution is 2.27. The average molecular weight is 431 g/mol. The summed E-state index contributed by atoms with van der Waals surface area (Å²) in [6, 6.07) is 12.3. The van der Waals surface area contributed by atoms with Crippen LogP contribution in [0.5, 0.6) is 5.75 Å². The number of nitrogens with zero attached hydrogens (tertiary/aromatic N) is 2. The summed E-state index contributed by atoms with van der Waals surface area (Å²) in [4.78, 5) is 17.1. The van der Waals surface area contributed by atoms with E-state index in [1.165, 1.54) is 16.8 Å². The summed E-state index contributed by atoms with van der Waals surface area (Å²) < 4.78 is 6.79. The van der Waals surface area contributed by atoms with Crippen LogP contribution < -0.4 is 9.64 Å². The lowest BCUT2D eigenvalue weighted by atomic mass is 10.1. The molecule has 1 aliphatic heterocycles. The van der Waals surface area contributed by atoms with Crippen molar-refractivity contribution in [2.45, 2.75) is 33.8 Å². The minimum atomic E-state index is -0.503. The Morgan fingerprint density at radius 1 is 1.07 bits per heavy atom. The van der Waals surface area contributed by atoms with Crippen molar-refractivity contribution in [1.29, 1.82) is 0 Å². The zero-order chi connectivity index (χ0) is 19.6. The summed E-state index contributed by atoms with van der Waals surface area (Å²) in [5, 5.41) is 0. The maximum absolute atomic E-state index is 12.8. The third-order valence-electron chi connectivity index (χ3n) is 5.25. The molecule has 0 spiro atoms. The molecular formula is C22H27BrN2O2. The maximum atomic E-state index is 12.8. The predicted octanol–water partition coefficient (Wildman–Crippen LogP) is 4.49. The molecule has 1 unspecified atom stereocenters. The minimum absolute atomic E-state index is 0.0445. The van der Waals surface area contributed by atoms with Crippen LogP contribution in [-0.2, 0) is 4.79 Å². The van der Waals surface area contributed by atoms with Crippen LogP contribution in [0.4, 0.5) is 5.69 Å². The molecule has 27 heavy (non-hydrogen) atoms. The SMILES string of the molecule is Cc1ccc(OC(C)C(=O)N2CCN(c3cccc(C)c3C)CC2)c(Br)c1. The lowest BCUT2D eigenvalue weighted by Crippen LogP contribution is -2.52. The molecule has 0 radical (unpaired) electrons. The topological polar surface area (TPSA) is 32.8 Å². The molecular weight excluding hydrogens is 404 g/mol. The summed E-state index contributed by atoms with van der Waals surface area (Å²) in [7, 11) is 0. The van der Waals surface area contributed by atoms with E-state index in [4.69, 9.17) is 4.74 Å². The largest absolute Gasteiger partial charge is 0.480 e. The van der Waals surface area contributed by atoms with Gasteiger partial charge in [-0.2, -0.15) is 0 Å². The van der Waals surface area contributed by atoms with Crippen LogP contribution in [0.25, 0.3) is 0 Å². The number of anilines is 1. The van der Waals surface area contributed by atoms with E-state index in [1.54, 1.807) is 0 Å². The molecule has 0 aliphatic carbocycles. The van der Waals surface area contributed by atoms with Crippen molar-refractivity contribution < 1.29 is 9.53 Å². The minimum Gasteiger partial charge on any atom is -0.480 e. The lowest BCUT2D eigenvalue weighted by molar-refractivity contribution is -0.138. The van der Waals surface area contributed by atoms with Gasteiger partial charge in [-0.25, -0.2) is 0 Å². The number of carbonyl (C=O) groups excluding carboxylic acids is 1. The van der Waals surface area contributed by atoms with Gasteiger partial charge in [0.1, 0.15) is 5.75 Å². The molecule has 5 heteroatoms. The molecule has 1 atom stereocenters. The second-order valence-electron chi connectivity index (χ2n) is 7.23. The van der Waals surface area contributed by atoms with Gasteiger partial charge in [0.2, 0.25) is 0 Å². The van der Waals surface area contributed by atoms with Crippen molar-refractivity contribution in [2.24, 2.45) is 0 Å². The standard InChI is InChI=1S/C22H27BrN2O2/c1-15-8-9-21(19(23)14-15)27-18(4)22(26)25-12-10-24(11-13-25)20-7-5-6-16(2)17(20)3/h5-9,14,18H,10-13H2,1-4H3. The van der Waals surface area contributed by atoms with Crippen molar-refractivity contribution in [2.75, 3.05) is 31.1 Å². The number of hydrogen-bond acceptors (Lipinski definition) is 3. The van der Waals surface area contributed by atoms with E-state index in [0.717, 1.165) is 36.2 Å². The molecule has 2 aromatic rings. The van der Waals surface area contributed by atoms with E-state index in [9.17, 15) is 4.79 Å². The monoisotopic (exact) mass is 430 g/mol. The predicted molar refractivity (Wildman–Crippen MR) is 114 cm³/mol. The highest BCUT2D eigenvalue weighted by molar-refractivity contribution is 9.10. The first-order chi connectivity index (χ1) is 12.9. The Kier molecular flexibility index (Phi) is 6.10. The summed E-state index contributed by atoms with van der Waals surface area (Å²) in [5.41, 5.74) is 5.04. The van der Waals surface area contributed by atoms with Crippen molar-refractivity contribution in [3.05, 3.63) is 57.6 Å². The van der Waals surface area contributed by atoms with E-state index in [-0.39, 0.29) is 5.91 Å². The van der Waals surface area contributed by atoms with Gasteiger partial charge >= 0.3 is 0 Å². The Balaban J connectivity index is 1.60. The van der Waals surface area contributed by atoms with Crippen molar-refractivity contribution in [3.8, 4) is 5.75 Å². The third-order valence-corrected chi connectivity index (χ3v) is 5.87. The maximum Gasteiger partial charge on any atom is 0.263 e. The van der Waals surface area contributed by atoms with Gasteiger partial charge in [0.25, 0.3) is 5.91 Å². The van der Waals surface area contributed by atoms with E-state index in [2.05, 4.69) is 52.9 Å². The van der Waals surface area contributed by atoms with Crippen molar-refractivity contribution in [3.63, 3.8) is 0 Å².